The van der Waals surface area contributed by atoms with Crippen molar-refractivity contribution in [2.75, 3.05) is 58.3 Å². The number of nitrogens with zero attached hydrogens (tertiary/aromatic N) is 5. The lowest BCUT2D eigenvalue weighted by atomic mass is 9.93. The Hall–Kier alpha value is -1.34. The summed E-state index contributed by atoms with van der Waals surface area (Å²) < 4.78 is 0. The van der Waals surface area contributed by atoms with Gasteiger partial charge in [-0.2, -0.15) is 0 Å². The van der Waals surface area contributed by atoms with Gasteiger partial charge in [0, 0.05) is 50.8 Å². The number of nitrogens with two attached hydrogens (primary N) is 1. The quantitative estimate of drug-likeness (QED) is 0.651. The highest BCUT2D eigenvalue weighted by Crippen LogP contribution is 2.19. The molecule has 0 radical (unpaired) electrons. The van der Waals surface area contributed by atoms with Crippen LogP contribution in [0.5, 0.6) is 0 Å². The van der Waals surface area contributed by atoms with Gasteiger partial charge in [0.2, 0.25) is 0 Å². The molecule has 0 aromatic carbocycles. The summed E-state index contributed by atoms with van der Waals surface area (Å²) in [5, 5.41) is 3.12. The third-order valence-corrected chi connectivity index (χ3v) is 4.54. The maximum atomic E-state index is 6.18. The summed E-state index contributed by atoms with van der Waals surface area (Å²) in [4.78, 5) is 15.7. The summed E-state index contributed by atoms with van der Waals surface area (Å²) in [6.45, 7) is 9.92. The van der Waals surface area contributed by atoms with Crippen LogP contribution >= 0.6 is 11.3 Å². The summed E-state index contributed by atoms with van der Waals surface area (Å²) in [6, 6.07) is 0. The van der Waals surface area contributed by atoms with Crippen LogP contribution in [0.4, 0.5) is 5.13 Å². The molecule has 0 amide bonds. The van der Waals surface area contributed by atoms with E-state index < -0.39 is 0 Å². The topological polar surface area (TPSA) is 61.0 Å². The zero-order chi connectivity index (χ0) is 16.2. The highest BCUT2D eigenvalue weighted by molar-refractivity contribution is 7.13. The maximum absolute atomic E-state index is 6.18. The first-order chi connectivity index (χ1) is 10.4. The molecule has 1 aromatic heterocycles. The average Bonchev–Trinajstić information content (AvgIpc) is 2.98. The van der Waals surface area contributed by atoms with E-state index in [1.807, 2.05) is 11.6 Å². The standard InChI is InChI=1S/C15H28N6S/c1-15(2,12-19(3)4)11-18-13(16)20-6-8-21(9-7-20)14-17-5-10-22-14/h5,10H,6-9,11-12H2,1-4H3,(H2,16,18). The third kappa shape index (κ3) is 4.84. The molecule has 1 aliphatic rings. The SMILES string of the molecule is CN(C)CC(C)(C)CN=C(N)N1CCN(c2nccs2)CC1. The molecule has 1 aromatic rings. The molecule has 0 atom stereocenters. The van der Waals surface area contributed by atoms with E-state index >= 15 is 0 Å². The molecule has 7 heteroatoms. The summed E-state index contributed by atoms with van der Waals surface area (Å²) in [7, 11) is 4.18. The van der Waals surface area contributed by atoms with Gasteiger partial charge < -0.3 is 20.4 Å². The number of aromatic nitrogens is 1. The highest BCUT2D eigenvalue weighted by atomic mass is 32.1. The smallest absolute Gasteiger partial charge is 0.191 e. The van der Waals surface area contributed by atoms with Crippen LogP contribution in [-0.4, -0.2) is 74.1 Å². The van der Waals surface area contributed by atoms with E-state index in [1.165, 1.54) is 0 Å². The van der Waals surface area contributed by atoms with Crippen molar-refractivity contribution in [2.24, 2.45) is 16.1 Å². The summed E-state index contributed by atoms with van der Waals surface area (Å²) >= 11 is 1.69. The molecule has 22 heavy (non-hydrogen) atoms. The second kappa shape index (κ2) is 7.28. The molecule has 1 aliphatic heterocycles. The van der Waals surface area contributed by atoms with Crippen molar-refractivity contribution < 1.29 is 0 Å². The fourth-order valence-corrected chi connectivity index (χ4v) is 3.50. The van der Waals surface area contributed by atoms with Crippen molar-refractivity contribution in [1.29, 1.82) is 0 Å². The Bertz CT molecular complexity index is 474. The minimum absolute atomic E-state index is 0.136. The predicted octanol–water partition coefficient (Wildman–Crippen LogP) is 1.17. The Morgan fingerprint density at radius 1 is 1.36 bits per heavy atom. The van der Waals surface area contributed by atoms with E-state index in [9.17, 15) is 0 Å². The molecule has 0 bridgehead atoms. The molecular weight excluding hydrogens is 296 g/mol. The first-order valence-electron chi connectivity index (χ1n) is 7.71. The second-order valence-electron chi connectivity index (χ2n) is 6.87. The van der Waals surface area contributed by atoms with Crippen molar-refractivity contribution in [1.82, 2.24) is 14.8 Å². The van der Waals surface area contributed by atoms with Gasteiger partial charge in [0.05, 0.1) is 0 Å². The van der Waals surface area contributed by atoms with Crippen LogP contribution in [0.1, 0.15) is 13.8 Å². The molecule has 124 valence electrons. The van der Waals surface area contributed by atoms with Gasteiger partial charge >= 0.3 is 0 Å². The maximum Gasteiger partial charge on any atom is 0.191 e. The van der Waals surface area contributed by atoms with E-state index in [2.05, 4.69) is 52.6 Å². The van der Waals surface area contributed by atoms with Crippen LogP contribution in [0, 0.1) is 5.41 Å². The van der Waals surface area contributed by atoms with Crippen molar-refractivity contribution in [3.05, 3.63) is 11.6 Å². The highest BCUT2D eigenvalue weighted by Gasteiger charge is 2.22. The molecule has 6 nitrogen and oxygen atoms in total. The van der Waals surface area contributed by atoms with Crippen molar-refractivity contribution >= 4 is 22.4 Å². The second-order valence-corrected chi connectivity index (χ2v) is 7.74. The molecule has 0 saturated carbocycles. The van der Waals surface area contributed by atoms with E-state index in [0.29, 0.717) is 5.96 Å². The molecule has 0 spiro atoms. The van der Waals surface area contributed by atoms with Crippen LogP contribution in [0.3, 0.4) is 0 Å². The number of anilines is 1. The molecule has 2 N–H and O–H groups in total. The number of rotatable bonds is 5. The molecule has 2 rings (SSSR count). The monoisotopic (exact) mass is 324 g/mol. The molecular formula is C15H28N6S. The van der Waals surface area contributed by atoms with Gasteiger partial charge in [0.1, 0.15) is 0 Å². The van der Waals surface area contributed by atoms with Crippen LogP contribution in [0.15, 0.2) is 16.6 Å². The predicted molar refractivity (Wildman–Crippen MR) is 94.7 cm³/mol. The largest absolute Gasteiger partial charge is 0.370 e. The zero-order valence-corrected chi connectivity index (χ0v) is 14.9. The van der Waals surface area contributed by atoms with Crippen LogP contribution < -0.4 is 10.6 Å². The van der Waals surface area contributed by atoms with Crippen molar-refractivity contribution in [3.63, 3.8) is 0 Å². The lowest BCUT2D eigenvalue weighted by Crippen LogP contribution is -2.51. The minimum Gasteiger partial charge on any atom is -0.370 e. The van der Waals surface area contributed by atoms with Crippen molar-refractivity contribution in [2.45, 2.75) is 13.8 Å². The Labute approximate surface area is 137 Å². The van der Waals surface area contributed by atoms with Gasteiger partial charge in [-0.15, -0.1) is 11.3 Å². The van der Waals surface area contributed by atoms with Crippen LogP contribution in [-0.2, 0) is 0 Å². The Kier molecular flexibility index (Phi) is 5.63. The average molecular weight is 324 g/mol. The Morgan fingerprint density at radius 3 is 2.59 bits per heavy atom. The first kappa shape index (κ1) is 17.0. The number of thiazole rings is 1. The zero-order valence-electron chi connectivity index (χ0n) is 14.1. The number of piperazine rings is 1. The number of hydrogen-bond acceptors (Lipinski definition) is 5. The van der Waals surface area contributed by atoms with Gasteiger partial charge in [-0.25, -0.2) is 4.98 Å². The van der Waals surface area contributed by atoms with Crippen LogP contribution in [0.2, 0.25) is 0 Å². The minimum atomic E-state index is 0.136. The van der Waals surface area contributed by atoms with Gasteiger partial charge in [-0.1, -0.05) is 13.8 Å². The van der Waals surface area contributed by atoms with E-state index in [1.54, 1.807) is 11.3 Å². The first-order valence-corrected chi connectivity index (χ1v) is 8.59. The van der Waals surface area contributed by atoms with Crippen molar-refractivity contribution in [3.8, 4) is 0 Å². The van der Waals surface area contributed by atoms with E-state index in [-0.39, 0.29) is 5.41 Å². The molecule has 0 aliphatic carbocycles. The fraction of sp³-hybridized carbons (Fsp3) is 0.733. The number of aliphatic imine (C=N–C) groups is 1. The summed E-state index contributed by atoms with van der Waals surface area (Å²) in [5.74, 6) is 0.672. The molecule has 2 heterocycles. The van der Waals surface area contributed by atoms with Gasteiger partial charge in [-0.05, 0) is 19.5 Å². The normalized spacial score (nSPS) is 17.4. The number of hydrogen-bond donors (Lipinski definition) is 1. The van der Waals surface area contributed by atoms with Gasteiger partial charge in [-0.3, -0.25) is 4.99 Å². The summed E-state index contributed by atoms with van der Waals surface area (Å²) in [5.41, 5.74) is 6.32. The van der Waals surface area contributed by atoms with E-state index in [0.717, 1.165) is 44.4 Å². The lowest BCUT2D eigenvalue weighted by Gasteiger charge is -2.35. The Balaban J connectivity index is 1.84. The molecule has 1 saturated heterocycles. The van der Waals surface area contributed by atoms with Gasteiger partial charge in [0.25, 0.3) is 0 Å². The van der Waals surface area contributed by atoms with E-state index in [4.69, 9.17) is 5.73 Å². The number of guanidine groups is 1. The third-order valence-electron chi connectivity index (χ3n) is 3.71. The summed E-state index contributed by atoms with van der Waals surface area (Å²) in [6.07, 6.45) is 1.86. The van der Waals surface area contributed by atoms with Crippen LogP contribution in [0.25, 0.3) is 0 Å². The Morgan fingerprint density at radius 2 is 2.05 bits per heavy atom. The fourth-order valence-electron chi connectivity index (χ4n) is 2.80. The lowest BCUT2D eigenvalue weighted by molar-refractivity contribution is 0.247. The molecule has 1 fully saturated rings. The molecule has 0 unspecified atom stereocenters. The van der Waals surface area contributed by atoms with Gasteiger partial charge in [0.15, 0.2) is 11.1 Å².